The molecule has 13 heavy (non-hydrogen) atoms. The molecule has 0 fully saturated rings. The molecular formula is C8H7BrN2O2. The molecule has 5 heteroatoms. The van der Waals surface area contributed by atoms with Crippen molar-refractivity contribution in [2.45, 2.75) is 13.0 Å². The summed E-state index contributed by atoms with van der Waals surface area (Å²) in [6.45, 7) is 0.240. The maximum atomic E-state index is 11.3. The number of H-pyrrole nitrogens is 1. The van der Waals surface area contributed by atoms with Gasteiger partial charge in [0.2, 0.25) is 0 Å². The molecule has 0 aromatic carbocycles. The molecule has 1 N–H and O–H groups in total. The highest BCUT2D eigenvalue weighted by Crippen LogP contribution is 1.96. The topological polar surface area (TPSA) is 54.9 Å². The molecule has 0 saturated heterocycles. The maximum Gasteiger partial charge on any atom is 0.328 e. The Morgan fingerprint density at radius 3 is 2.92 bits per heavy atom. The molecule has 0 aliphatic rings. The monoisotopic (exact) mass is 242 g/mol. The summed E-state index contributed by atoms with van der Waals surface area (Å²) >= 11 is 3.02. The highest BCUT2D eigenvalue weighted by Gasteiger charge is 2.02. The van der Waals surface area contributed by atoms with Crippen molar-refractivity contribution >= 4 is 15.9 Å². The summed E-state index contributed by atoms with van der Waals surface area (Å²) in [4.78, 5) is 24.8. The van der Waals surface area contributed by atoms with Crippen molar-refractivity contribution in [2.24, 2.45) is 0 Å². The summed E-state index contributed by atoms with van der Waals surface area (Å²) in [5.41, 5.74) is -0.803. The van der Waals surface area contributed by atoms with Crippen molar-refractivity contribution in [3.63, 3.8) is 0 Å². The van der Waals surface area contributed by atoms with Gasteiger partial charge in [0.1, 0.15) is 0 Å². The number of hydrogen-bond acceptors (Lipinski definition) is 2. The van der Waals surface area contributed by atoms with Gasteiger partial charge in [0, 0.05) is 19.2 Å². The number of rotatable bonds is 2. The Morgan fingerprint density at radius 1 is 1.62 bits per heavy atom. The fourth-order valence-corrected chi connectivity index (χ4v) is 1.19. The van der Waals surface area contributed by atoms with Crippen LogP contribution in [0.4, 0.5) is 0 Å². The Balaban J connectivity index is 3.20. The Morgan fingerprint density at radius 2 is 2.31 bits per heavy atom. The summed E-state index contributed by atoms with van der Waals surface area (Å²) in [7, 11) is 0. The molecule has 0 amide bonds. The molecule has 0 unspecified atom stereocenters. The molecule has 1 aromatic heterocycles. The zero-order chi connectivity index (χ0) is 9.84. The van der Waals surface area contributed by atoms with Crippen LogP contribution in [-0.4, -0.2) is 9.55 Å². The molecule has 0 saturated carbocycles. The number of nitrogens with zero attached hydrogens (tertiary/aromatic N) is 1. The molecule has 4 nitrogen and oxygen atoms in total. The lowest BCUT2D eigenvalue weighted by molar-refractivity contribution is 0.639. The molecule has 0 aliphatic carbocycles. The number of aromatic amines is 1. The molecule has 0 bridgehead atoms. The average molecular weight is 243 g/mol. The van der Waals surface area contributed by atoms with Crippen molar-refractivity contribution in [1.82, 2.24) is 9.55 Å². The maximum absolute atomic E-state index is 11.3. The van der Waals surface area contributed by atoms with Crippen LogP contribution < -0.4 is 11.2 Å². The van der Waals surface area contributed by atoms with Crippen molar-refractivity contribution in [1.29, 1.82) is 0 Å². The minimum absolute atomic E-state index is 0.240. The van der Waals surface area contributed by atoms with E-state index in [1.807, 2.05) is 0 Å². The minimum atomic E-state index is -0.441. The first-order valence-corrected chi connectivity index (χ1v) is 4.37. The molecule has 1 heterocycles. The largest absolute Gasteiger partial charge is 0.328 e. The van der Waals surface area contributed by atoms with Crippen LogP contribution in [0.25, 0.3) is 0 Å². The molecule has 1 aromatic rings. The highest BCUT2D eigenvalue weighted by atomic mass is 79.9. The van der Waals surface area contributed by atoms with Gasteiger partial charge in [-0.15, -0.1) is 12.3 Å². The molecule has 0 spiro atoms. The first-order valence-electron chi connectivity index (χ1n) is 3.58. The van der Waals surface area contributed by atoms with Crippen LogP contribution >= 0.6 is 15.9 Å². The third-order valence-corrected chi connectivity index (χ3v) is 2.06. The van der Waals surface area contributed by atoms with Gasteiger partial charge < -0.3 is 4.98 Å². The van der Waals surface area contributed by atoms with Crippen LogP contribution in [0.5, 0.6) is 0 Å². The molecule has 1 rings (SSSR count). The van der Waals surface area contributed by atoms with Crippen LogP contribution in [0.15, 0.2) is 20.3 Å². The number of hydrogen-bond donors (Lipinski definition) is 1. The molecule has 0 atom stereocenters. The van der Waals surface area contributed by atoms with Gasteiger partial charge in [0.05, 0.1) is 4.47 Å². The van der Waals surface area contributed by atoms with E-state index in [0.717, 1.165) is 4.57 Å². The van der Waals surface area contributed by atoms with E-state index in [-0.39, 0.29) is 12.1 Å². The lowest BCUT2D eigenvalue weighted by Crippen LogP contribution is -2.34. The number of nitrogens with one attached hydrogen (secondary N) is 1. The van der Waals surface area contributed by atoms with E-state index in [2.05, 4.69) is 26.8 Å². The van der Waals surface area contributed by atoms with Crippen molar-refractivity contribution in [3.8, 4) is 12.3 Å². The fourth-order valence-electron chi connectivity index (χ4n) is 0.865. The van der Waals surface area contributed by atoms with Gasteiger partial charge in [-0.3, -0.25) is 9.36 Å². The fraction of sp³-hybridized carbons (Fsp3) is 0.250. The van der Waals surface area contributed by atoms with E-state index in [1.54, 1.807) is 0 Å². The summed E-state index contributed by atoms with van der Waals surface area (Å²) in [5.74, 6) is 2.36. The predicted octanol–water partition coefficient (Wildman–Crippen LogP) is 0.322. The van der Waals surface area contributed by atoms with Crippen molar-refractivity contribution < 1.29 is 0 Å². The van der Waals surface area contributed by atoms with Crippen molar-refractivity contribution in [2.75, 3.05) is 0 Å². The number of halogens is 1. The van der Waals surface area contributed by atoms with Crippen LogP contribution in [-0.2, 0) is 6.54 Å². The average Bonchev–Trinajstić information content (AvgIpc) is 2.12. The van der Waals surface area contributed by atoms with Crippen LogP contribution in [0.1, 0.15) is 6.42 Å². The van der Waals surface area contributed by atoms with E-state index in [0.29, 0.717) is 10.9 Å². The SMILES string of the molecule is C#CCCn1c(=O)[nH]cc(Br)c1=O. The molecule has 0 aliphatic heterocycles. The quantitative estimate of drug-likeness (QED) is 0.760. The van der Waals surface area contributed by atoms with Gasteiger partial charge >= 0.3 is 5.69 Å². The van der Waals surface area contributed by atoms with Crippen LogP contribution in [0.3, 0.4) is 0 Å². The first-order chi connectivity index (χ1) is 6.16. The number of terminal acetylenes is 1. The van der Waals surface area contributed by atoms with E-state index in [9.17, 15) is 9.59 Å². The van der Waals surface area contributed by atoms with E-state index in [4.69, 9.17) is 6.42 Å². The molecule has 0 radical (unpaired) electrons. The second-order valence-corrected chi connectivity index (χ2v) is 3.21. The number of aromatic nitrogens is 2. The lowest BCUT2D eigenvalue weighted by Gasteiger charge is -2.00. The first kappa shape index (κ1) is 9.81. The summed E-state index contributed by atoms with van der Waals surface area (Å²) in [5, 5.41) is 0. The highest BCUT2D eigenvalue weighted by molar-refractivity contribution is 9.10. The predicted molar refractivity (Wildman–Crippen MR) is 52.5 cm³/mol. The van der Waals surface area contributed by atoms with Crippen LogP contribution in [0, 0.1) is 12.3 Å². The van der Waals surface area contributed by atoms with Crippen LogP contribution in [0.2, 0.25) is 0 Å². The van der Waals surface area contributed by atoms with Gasteiger partial charge in [0.25, 0.3) is 5.56 Å². The third-order valence-electron chi connectivity index (χ3n) is 1.50. The van der Waals surface area contributed by atoms with Gasteiger partial charge in [-0.05, 0) is 15.9 Å². The standard InChI is InChI=1S/C8H7BrN2O2/c1-2-3-4-11-7(12)6(9)5-10-8(11)13/h1,5H,3-4H2,(H,10,13). The second kappa shape index (κ2) is 4.10. The zero-order valence-electron chi connectivity index (χ0n) is 6.71. The third kappa shape index (κ3) is 2.10. The normalized spacial score (nSPS) is 9.54. The minimum Gasteiger partial charge on any atom is -0.313 e. The summed E-state index contributed by atoms with van der Waals surface area (Å²) < 4.78 is 1.38. The summed E-state index contributed by atoms with van der Waals surface area (Å²) in [6, 6.07) is 0. The van der Waals surface area contributed by atoms with Crippen molar-refractivity contribution in [3.05, 3.63) is 31.5 Å². The molecule has 68 valence electrons. The van der Waals surface area contributed by atoms with E-state index >= 15 is 0 Å². The van der Waals surface area contributed by atoms with Gasteiger partial charge in [0.15, 0.2) is 0 Å². The Kier molecular flexibility index (Phi) is 3.09. The Hall–Kier alpha value is -1.28. The Bertz CT molecular complexity index is 452. The van der Waals surface area contributed by atoms with E-state index in [1.165, 1.54) is 6.20 Å². The lowest BCUT2D eigenvalue weighted by atomic mass is 10.4. The Labute approximate surface area is 82.7 Å². The van der Waals surface area contributed by atoms with Gasteiger partial charge in [-0.2, -0.15) is 0 Å². The summed E-state index contributed by atoms with van der Waals surface area (Å²) in [6.07, 6.45) is 6.70. The van der Waals surface area contributed by atoms with Gasteiger partial charge in [-0.1, -0.05) is 0 Å². The smallest absolute Gasteiger partial charge is 0.313 e. The zero-order valence-corrected chi connectivity index (χ0v) is 8.30. The van der Waals surface area contributed by atoms with Gasteiger partial charge in [-0.25, -0.2) is 4.79 Å². The molecular weight excluding hydrogens is 236 g/mol. The second-order valence-electron chi connectivity index (χ2n) is 2.35. The van der Waals surface area contributed by atoms with E-state index < -0.39 is 5.69 Å².